The minimum absolute atomic E-state index is 0.0212. The molecule has 1 unspecified atom stereocenters. The molecule has 0 aliphatic carbocycles. The molecule has 1 atom stereocenters. The molecule has 0 heterocycles. The van der Waals surface area contributed by atoms with Crippen LogP contribution < -0.4 is 5.32 Å². The fourth-order valence-electron chi connectivity index (χ4n) is 3.71. The molecule has 3 aromatic carbocycles. The van der Waals surface area contributed by atoms with E-state index in [2.05, 4.69) is 45.5 Å². The average Bonchev–Trinajstić information content (AvgIpc) is 2.79. The maximum Gasteiger partial charge on any atom is 0.242 e. The fourth-order valence-corrected chi connectivity index (χ4v) is 4.15. The number of carbonyl (C=O) groups is 2. The molecule has 0 aliphatic rings. The Morgan fingerprint density at radius 2 is 1.77 bits per heavy atom. The average molecular weight is 481 g/mol. The maximum atomic E-state index is 13.3. The third-order valence-electron chi connectivity index (χ3n) is 5.45. The lowest BCUT2D eigenvalue weighted by Crippen LogP contribution is -2.47. The van der Waals surface area contributed by atoms with E-state index >= 15 is 0 Å². The lowest BCUT2D eigenvalue weighted by molar-refractivity contribution is -0.140. The van der Waals surface area contributed by atoms with Gasteiger partial charge < -0.3 is 10.2 Å². The number of rotatable bonds is 9. The largest absolute Gasteiger partial charge is 0.354 e. The molecule has 162 valence electrons. The molecule has 0 aliphatic heterocycles. The third kappa shape index (κ3) is 6.17. The van der Waals surface area contributed by atoms with E-state index in [9.17, 15) is 9.59 Å². The Bertz CT molecular complexity index is 1050. The Morgan fingerprint density at radius 3 is 2.55 bits per heavy atom. The number of aryl methyl sites for hydroxylation is 1. The molecule has 0 aromatic heterocycles. The Balaban J connectivity index is 1.78. The van der Waals surface area contributed by atoms with Gasteiger partial charge in [0.05, 0.1) is 0 Å². The summed E-state index contributed by atoms with van der Waals surface area (Å²) in [5.74, 6) is -0.137. The first-order chi connectivity index (χ1) is 15.0. The highest BCUT2D eigenvalue weighted by molar-refractivity contribution is 9.10. The number of benzene rings is 3. The zero-order chi connectivity index (χ0) is 22.2. The monoisotopic (exact) mass is 480 g/mol. The van der Waals surface area contributed by atoms with Gasteiger partial charge in [0.15, 0.2) is 0 Å². The Kier molecular flexibility index (Phi) is 8.24. The van der Waals surface area contributed by atoms with Gasteiger partial charge in [0.25, 0.3) is 0 Å². The summed E-state index contributed by atoms with van der Waals surface area (Å²) in [4.78, 5) is 27.6. The molecule has 0 saturated carbocycles. The van der Waals surface area contributed by atoms with Crippen LogP contribution in [0.25, 0.3) is 10.8 Å². The van der Waals surface area contributed by atoms with Gasteiger partial charge in [0, 0.05) is 24.0 Å². The standard InChI is InChI=1S/C26H29BrN2O2/c1-3-16-28-26(31)19(2)29(18-20-8-6-12-23(27)17-20)25(30)15-14-22-11-7-10-21-9-4-5-13-24(21)22/h4-13,17,19H,3,14-16,18H2,1-2H3,(H,28,31). The van der Waals surface area contributed by atoms with Gasteiger partial charge in [-0.2, -0.15) is 0 Å². The summed E-state index contributed by atoms with van der Waals surface area (Å²) in [7, 11) is 0. The zero-order valence-electron chi connectivity index (χ0n) is 18.1. The highest BCUT2D eigenvalue weighted by Crippen LogP contribution is 2.21. The minimum atomic E-state index is -0.537. The van der Waals surface area contributed by atoms with Crippen molar-refractivity contribution in [2.45, 2.75) is 45.7 Å². The number of hydrogen-bond acceptors (Lipinski definition) is 2. The van der Waals surface area contributed by atoms with Gasteiger partial charge in [-0.25, -0.2) is 0 Å². The van der Waals surface area contributed by atoms with E-state index in [1.165, 1.54) is 10.8 Å². The first kappa shape index (κ1) is 23.0. The van der Waals surface area contributed by atoms with E-state index in [0.29, 0.717) is 25.9 Å². The van der Waals surface area contributed by atoms with Crippen molar-refractivity contribution < 1.29 is 9.59 Å². The van der Waals surface area contributed by atoms with Crippen LogP contribution in [0.4, 0.5) is 0 Å². The number of nitrogens with one attached hydrogen (secondary N) is 1. The van der Waals surface area contributed by atoms with Gasteiger partial charge in [-0.3, -0.25) is 9.59 Å². The van der Waals surface area contributed by atoms with Crippen molar-refractivity contribution in [3.8, 4) is 0 Å². The molecule has 0 spiro atoms. The van der Waals surface area contributed by atoms with Crippen LogP contribution in [0.2, 0.25) is 0 Å². The molecule has 0 radical (unpaired) electrons. The van der Waals surface area contributed by atoms with Crippen molar-refractivity contribution in [3.63, 3.8) is 0 Å². The van der Waals surface area contributed by atoms with Crippen LogP contribution in [0.3, 0.4) is 0 Å². The number of carbonyl (C=O) groups excluding carboxylic acids is 2. The van der Waals surface area contributed by atoms with E-state index in [0.717, 1.165) is 22.0 Å². The smallest absolute Gasteiger partial charge is 0.242 e. The second kappa shape index (κ2) is 11.1. The second-order valence-corrected chi connectivity index (χ2v) is 8.67. The zero-order valence-corrected chi connectivity index (χ0v) is 19.7. The van der Waals surface area contributed by atoms with Gasteiger partial charge in [0.1, 0.15) is 6.04 Å². The van der Waals surface area contributed by atoms with Crippen molar-refractivity contribution in [2.24, 2.45) is 0 Å². The van der Waals surface area contributed by atoms with Crippen LogP contribution in [-0.4, -0.2) is 29.3 Å². The third-order valence-corrected chi connectivity index (χ3v) is 5.94. The van der Waals surface area contributed by atoms with Crippen molar-refractivity contribution in [1.82, 2.24) is 10.2 Å². The fraction of sp³-hybridized carbons (Fsp3) is 0.308. The van der Waals surface area contributed by atoms with Crippen LogP contribution in [-0.2, 0) is 22.6 Å². The highest BCUT2D eigenvalue weighted by Gasteiger charge is 2.25. The van der Waals surface area contributed by atoms with Crippen molar-refractivity contribution >= 4 is 38.5 Å². The summed E-state index contributed by atoms with van der Waals surface area (Å²) < 4.78 is 0.955. The van der Waals surface area contributed by atoms with E-state index in [1.807, 2.05) is 49.4 Å². The molecular weight excluding hydrogens is 452 g/mol. The van der Waals surface area contributed by atoms with E-state index in [-0.39, 0.29) is 11.8 Å². The number of fused-ring (bicyclic) bond motifs is 1. The summed E-state index contributed by atoms with van der Waals surface area (Å²) in [5.41, 5.74) is 2.14. The van der Waals surface area contributed by atoms with Crippen LogP contribution in [0.1, 0.15) is 37.8 Å². The molecule has 3 aromatic rings. The first-order valence-electron chi connectivity index (χ1n) is 10.8. The van der Waals surface area contributed by atoms with Gasteiger partial charge >= 0.3 is 0 Å². The molecule has 1 N–H and O–H groups in total. The number of nitrogens with zero attached hydrogens (tertiary/aromatic N) is 1. The van der Waals surface area contributed by atoms with Gasteiger partial charge in [-0.05, 0) is 53.8 Å². The lowest BCUT2D eigenvalue weighted by atomic mass is 10.0. The summed E-state index contributed by atoms with van der Waals surface area (Å²) >= 11 is 3.49. The topological polar surface area (TPSA) is 49.4 Å². The molecule has 31 heavy (non-hydrogen) atoms. The summed E-state index contributed by atoms with van der Waals surface area (Å²) in [6.07, 6.45) is 1.85. The molecule has 5 heteroatoms. The normalized spacial score (nSPS) is 11.8. The summed E-state index contributed by atoms with van der Waals surface area (Å²) in [6, 6.07) is 21.7. The Hall–Kier alpha value is -2.66. The number of hydrogen-bond donors (Lipinski definition) is 1. The maximum absolute atomic E-state index is 13.3. The van der Waals surface area contributed by atoms with Crippen molar-refractivity contribution in [3.05, 3.63) is 82.3 Å². The molecule has 0 saturated heterocycles. The number of amides is 2. The highest BCUT2D eigenvalue weighted by atomic mass is 79.9. The molecule has 3 rings (SSSR count). The predicted octanol–water partition coefficient (Wildman–Crippen LogP) is 5.48. The first-order valence-corrected chi connectivity index (χ1v) is 11.6. The van der Waals surface area contributed by atoms with Crippen LogP contribution in [0.5, 0.6) is 0 Å². The van der Waals surface area contributed by atoms with E-state index in [1.54, 1.807) is 11.8 Å². The van der Waals surface area contributed by atoms with E-state index < -0.39 is 6.04 Å². The molecule has 0 fully saturated rings. The quantitative estimate of drug-likeness (QED) is 0.440. The van der Waals surface area contributed by atoms with E-state index in [4.69, 9.17) is 0 Å². The van der Waals surface area contributed by atoms with Gasteiger partial charge in [-0.15, -0.1) is 0 Å². The second-order valence-electron chi connectivity index (χ2n) is 7.76. The van der Waals surface area contributed by atoms with Crippen molar-refractivity contribution in [2.75, 3.05) is 6.54 Å². The van der Waals surface area contributed by atoms with Crippen LogP contribution in [0, 0.1) is 0 Å². The minimum Gasteiger partial charge on any atom is -0.354 e. The molecular formula is C26H29BrN2O2. The summed E-state index contributed by atoms with van der Waals surface area (Å²) in [6.45, 7) is 4.82. The molecule has 2 amide bonds. The van der Waals surface area contributed by atoms with Gasteiger partial charge in [0.2, 0.25) is 11.8 Å². The SMILES string of the molecule is CCCNC(=O)C(C)N(Cc1cccc(Br)c1)C(=O)CCc1cccc2ccccc12. The van der Waals surface area contributed by atoms with Crippen LogP contribution >= 0.6 is 15.9 Å². The Labute approximate surface area is 192 Å². The summed E-state index contributed by atoms with van der Waals surface area (Å²) in [5, 5.41) is 5.26. The lowest BCUT2D eigenvalue weighted by Gasteiger charge is -2.29. The number of halogens is 1. The van der Waals surface area contributed by atoms with Crippen molar-refractivity contribution in [1.29, 1.82) is 0 Å². The molecule has 0 bridgehead atoms. The van der Waals surface area contributed by atoms with Gasteiger partial charge in [-0.1, -0.05) is 77.5 Å². The van der Waals surface area contributed by atoms with Crippen LogP contribution in [0.15, 0.2) is 71.2 Å². The Morgan fingerprint density at radius 1 is 1.03 bits per heavy atom. The predicted molar refractivity (Wildman–Crippen MR) is 130 cm³/mol. The molecule has 4 nitrogen and oxygen atoms in total.